The molecule has 0 atom stereocenters. The Labute approximate surface area is 118 Å². The second-order valence-corrected chi connectivity index (χ2v) is 5.18. The van der Waals surface area contributed by atoms with Crippen LogP contribution >= 0.6 is 0 Å². The van der Waals surface area contributed by atoms with E-state index in [4.69, 9.17) is 5.11 Å². The first-order chi connectivity index (χ1) is 9.61. The van der Waals surface area contributed by atoms with E-state index in [-0.39, 0.29) is 5.82 Å². The number of hydrogen-bond donors (Lipinski definition) is 1. The van der Waals surface area contributed by atoms with Crippen LogP contribution in [0.25, 0.3) is 6.08 Å². The molecule has 0 bridgehead atoms. The average Bonchev–Trinajstić information content (AvgIpc) is 2.36. The van der Waals surface area contributed by atoms with Gasteiger partial charge in [0.1, 0.15) is 5.82 Å². The molecule has 3 nitrogen and oxygen atoms in total. The molecule has 0 aliphatic heterocycles. The Morgan fingerprint density at radius 1 is 1.50 bits per heavy atom. The van der Waals surface area contributed by atoms with Gasteiger partial charge in [-0.25, -0.2) is 9.18 Å². The molecule has 0 amide bonds. The van der Waals surface area contributed by atoms with E-state index in [2.05, 4.69) is 4.90 Å². The number of anilines is 1. The van der Waals surface area contributed by atoms with Crippen LogP contribution in [0.1, 0.15) is 31.7 Å². The molecule has 1 saturated carbocycles. The predicted octanol–water partition coefficient (Wildman–Crippen LogP) is 3.55. The van der Waals surface area contributed by atoms with E-state index < -0.39 is 5.97 Å². The van der Waals surface area contributed by atoms with E-state index in [1.54, 1.807) is 6.07 Å². The number of aliphatic carboxylic acids is 1. The molecule has 1 fully saturated rings. The number of nitrogens with zero attached hydrogens (tertiary/aromatic N) is 1. The smallest absolute Gasteiger partial charge is 0.328 e. The van der Waals surface area contributed by atoms with Crippen molar-refractivity contribution in [2.24, 2.45) is 5.92 Å². The summed E-state index contributed by atoms with van der Waals surface area (Å²) in [6, 6.07) is 4.89. The molecule has 1 aliphatic rings. The third-order valence-corrected chi connectivity index (χ3v) is 3.85. The van der Waals surface area contributed by atoms with Gasteiger partial charge >= 0.3 is 5.97 Å². The van der Waals surface area contributed by atoms with E-state index in [0.717, 1.165) is 24.9 Å². The highest BCUT2D eigenvalue weighted by Gasteiger charge is 2.21. The summed E-state index contributed by atoms with van der Waals surface area (Å²) in [5.74, 6) is -0.775. The minimum absolute atomic E-state index is 0.357. The van der Waals surface area contributed by atoms with Gasteiger partial charge in [-0.2, -0.15) is 0 Å². The van der Waals surface area contributed by atoms with Gasteiger partial charge in [0.05, 0.1) is 0 Å². The van der Waals surface area contributed by atoms with Crippen LogP contribution < -0.4 is 4.90 Å². The lowest BCUT2D eigenvalue weighted by Gasteiger charge is -2.34. The molecule has 1 N–H and O–H groups in total. The number of rotatable bonds is 6. The Bertz CT molecular complexity index is 509. The second-order valence-electron chi connectivity index (χ2n) is 5.18. The Balaban J connectivity index is 2.27. The minimum Gasteiger partial charge on any atom is -0.478 e. The van der Waals surface area contributed by atoms with Gasteiger partial charge in [0, 0.05) is 30.4 Å². The van der Waals surface area contributed by atoms with Crippen molar-refractivity contribution in [3.63, 3.8) is 0 Å². The lowest BCUT2D eigenvalue weighted by molar-refractivity contribution is -0.131. The van der Waals surface area contributed by atoms with Crippen molar-refractivity contribution in [1.82, 2.24) is 0 Å². The van der Waals surface area contributed by atoms with Crippen LogP contribution in [0.4, 0.5) is 10.1 Å². The zero-order valence-corrected chi connectivity index (χ0v) is 11.7. The molecule has 2 rings (SSSR count). The van der Waals surface area contributed by atoms with Gasteiger partial charge in [0.15, 0.2) is 0 Å². The summed E-state index contributed by atoms with van der Waals surface area (Å²) in [5.41, 5.74) is 1.13. The Kier molecular flexibility index (Phi) is 4.77. The van der Waals surface area contributed by atoms with Gasteiger partial charge in [-0.3, -0.25) is 0 Å². The minimum atomic E-state index is -1.07. The van der Waals surface area contributed by atoms with Crippen LogP contribution in [-0.2, 0) is 4.79 Å². The van der Waals surface area contributed by atoms with Crippen LogP contribution in [0.2, 0.25) is 0 Å². The Morgan fingerprint density at radius 3 is 2.80 bits per heavy atom. The third-order valence-electron chi connectivity index (χ3n) is 3.85. The first-order valence-corrected chi connectivity index (χ1v) is 7.06. The van der Waals surface area contributed by atoms with E-state index in [0.29, 0.717) is 11.5 Å². The number of carboxylic acid groups (broad SMARTS) is 1. The Hall–Kier alpha value is -1.84. The van der Waals surface area contributed by atoms with Crippen molar-refractivity contribution in [2.75, 3.05) is 18.0 Å². The summed E-state index contributed by atoms with van der Waals surface area (Å²) in [6.07, 6.45) is 6.06. The monoisotopic (exact) mass is 277 g/mol. The van der Waals surface area contributed by atoms with Crippen molar-refractivity contribution in [3.05, 3.63) is 35.7 Å². The van der Waals surface area contributed by atoms with Gasteiger partial charge in [-0.05, 0) is 43.9 Å². The normalized spacial score (nSPS) is 15.3. The van der Waals surface area contributed by atoms with Gasteiger partial charge in [-0.15, -0.1) is 0 Å². The number of hydrogen-bond acceptors (Lipinski definition) is 2. The Morgan fingerprint density at radius 2 is 2.25 bits per heavy atom. The van der Waals surface area contributed by atoms with Crippen molar-refractivity contribution < 1.29 is 14.3 Å². The molecule has 0 spiro atoms. The standard InChI is InChI=1S/C16H20FNO2/c1-2-18(11-12-5-3-6-12)15-8-4-7-14(17)13(15)9-10-16(19)20/h4,7-10,12H,2-3,5-6,11H2,1H3,(H,19,20)/b10-9+. The van der Waals surface area contributed by atoms with E-state index in [1.165, 1.54) is 31.4 Å². The molecule has 20 heavy (non-hydrogen) atoms. The molecule has 0 heterocycles. The molecule has 0 radical (unpaired) electrons. The first kappa shape index (κ1) is 14.6. The summed E-state index contributed by atoms with van der Waals surface area (Å²) >= 11 is 0. The molecule has 0 aromatic heterocycles. The summed E-state index contributed by atoms with van der Waals surface area (Å²) in [5, 5.41) is 8.72. The summed E-state index contributed by atoms with van der Waals surface area (Å²) < 4.78 is 14.0. The fraction of sp³-hybridized carbons (Fsp3) is 0.438. The first-order valence-electron chi connectivity index (χ1n) is 7.06. The van der Waals surface area contributed by atoms with Crippen LogP contribution in [0.15, 0.2) is 24.3 Å². The zero-order chi connectivity index (χ0) is 14.5. The topological polar surface area (TPSA) is 40.5 Å². The number of carboxylic acids is 1. The van der Waals surface area contributed by atoms with E-state index in [9.17, 15) is 9.18 Å². The SMILES string of the molecule is CCN(CC1CCC1)c1cccc(F)c1/C=C/C(=O)O. The molecule has 1 aromatic rings. The van der Waals surface area contributed by atoms with E-state index >= 15 is 0 Å². The van der Waals surface area contributed by atoms with E-state index in [1.807, 2.05) is 13.0 Å². The highest BCUT2D eigenvalue weighted by atomic mass is 19.1. The predicted molar refractivity (Wildman–Crippen MR) is 78.3 cm³/mol. The summed E-state index contributed by atoms with van der Waals surface area (Å²) in [4.78, 5) is 12.8. The lowest BCUT2D eigenvalue weighted by atomic mass is 9.85. The molecular formula is C16H20FNO2. The average molecular weight is 277 g/mol. The lowest BCUT2D eigenvalue weighted by Crippen LogP contribution is -2.33. The maximum absolute atomic E-state index is 14.0. The van der Waals surface area contributed by atoms with Gasteiger partial charge in [0.2, 0.25) is 0 Å². The molecule has 0 saturated heterocycles. The maximum atomic E-state index is 14.0. The molecule has 4 heteroatoms. The van der Waals surface area contributed by atoms with Crippen LogP contribution in [0.5, 0.6) is 0 Å². The quantitative estimate of drug-likeness (QED) is 0.808. The third kappa shape index (κ3) is 3.38. The zero-order valence-electron chi connectivity index (χ0n) is 11.7. The van der Waals surface area contributed by atoms with Crippen molar-refractivity contribution in [1.29, 1.82) is 0 Å². The van der Waals surface area contributed by atoms with Gasteiger partial charge < -0.3 is 10.0 Å². The maximum Gasteiger partial charge on any atom is 0.328 e. The highest BCUT2D eigenvalue weighted by molar-refractivity contribution is 5.87. The van der Waals surface area contributed by atoms with Crippen LogP contribution in [-0.4, -0.2) is 24.2 Å². The molecule has 1 aliphatic carbocycles. The summed E-state index contributed by atoms with van der Waals surface area (Å²) in [7, 11) is 0. The number of carbonyl (C=O) groups is 1. The van der Waals surface area contributed by atoms with Crippen LogP contribution in [0, 0.1) is 11.7 Å². The van der Waals surface area contributed by atoms with Crippen LogP contribution in [0.3, 0.4) is 0 Å². The summed E-state index contributed by atoms with van der Waals surface area (Å²) in [6.45, 7) is 3.73. The second kappa shape index (κ2) is 6.55. The van der Waals surface area contributed by atoms with Gasteiger partial charge in [-0.1, -0.05) is 12.5 Å². The molecule has 0 unspecified atom stereocenters. The molecular weight excluding hydrogens is 257 g/mol. The molecule has 1 aromatic carbocycles. The van der Waals surface area contributed by atoms with Crippen molar-refractivity contribution in [2.45, 2.75) is 26.2 Å². The number of benzene rings is 1. The molecule has 108 valence electrons. The van der Waals surface area contributed by atoms with Crippen molar-refractivity contribution in [3.8, 4) is 0 Å². The number of halogens is 1. The van der Waals surface area contributed by atoms with Crippen molar-refractivity contribution >= 4 is 17.7 Å². The highest BCUT2D eigenvalue weighted by Crippen LogP contribution is 2.31. The fourth-order valence-corrected chi connectivity index (χ4v) is 2.51. The largest absolute Gasteiger partial charge is 0.478 e. The van der Waals surface area contributed by atoms with Gasteiger partial charge in [0.25, 0.3) is 0 Å². The fourth-order valence-electron chi connectivity index (χ4n) is 2.51.